The van der Waals surface area contributed by atoms with Gasteiger partial charge in [-0.2, -0.15) is 0 Å². The van der Waals surface area contributed by atoms with Crippen LogP contribution in [-0.2, 0) is 22.7 Å². The highest BCUT2D eigenvalue weighted by atomic mass is 35.5. The van der Waals surface area contributed by atoms with Gasteiger partial charge < -0.3 is 20.1 Å². The lowest BCUT2D eigenvalue weighted by Gasteiger charge is -2.48. The number of likely N-dealkylation sites (tertiary alicyclic amines) is 2. The van der Waals surface area contributed by atoms with Gasteiger partial charge in [0.1, 0.15) is 11.8 Å². The Hall–Kier alpha value is -4.29. The van der Waals surface area contributed by atoms with Crippen molar-refractivity contribution in [3.8, 4) is 45.4 Å². The number of carbonyl (C=O) groups is 2. The average molecular weight is 741 g/mol. The Bertz CT molecular complexity index is 2100. The number of ether oxygens (including phenoxy) is 2. The van der Waals surface area contributed by atoms with E-state index < -0.39 is 0 Å². The van der Waals surface area contributed by atoms with E-state index in [1.165, 1.54) is 0 Å². The van der Waals surface area contributed by atoms with Gasteiger partial charge in [-0.25, -0.2) is 9.97 Å². The van der Waals surface area contributed by atoms with E-state index in [1.54, 1.807) is 13.3 Å². The molecule has 0 radical (unpaired) electrons. The molecule has 6 heterocycles. The maximum absolute atomic E-state index is 11.8. The first-order chi connectivity index (χ1) is 25.2. The normalized spacial score (nSPS) is 20.4. The van der Waals surface area contributed by atoms with Crippen molar-refractivity contribution < 1.29 is 19.1 Å². The number of halogens is 2. The monoisotopic (exact) mass is 739 g/mol. The van der Waals surface area contributed by atoms with Gasteiger partial charge in [-0.15, -0.1) is 0 Å². The number of carbonyl (C=O) groups excluding carboxylic acids is 2. The van der Waals surface area contributed by atoms with E-state index in [0.717, 1.165) is 85.4 Å². The van der Waals surface area contributed by atoms with Crippen LogP contribution in [-0.4, -0.2) is 87.0 Å². The molecule has 4 aliphatic heterocycles. The van der Waals surface area contributed by atoms with Gasteiger partial charge in [0, 0.05) is 79.9 Å². The quantitative estimate of drug-likeness (QED) is 0.212. The van der Waals surface area contributed by atoms with Gasteiger partial charge in [-0.05, 0) is 31.7 Å². The summed E-state index contributed by atoms with van der Waals surface area (Å²) in [6.07, 6.45) is 6.86. The minimum Gasteiger partial charge on any atom is -0.481 e. The molecule has 1 aliphatic carbocycles. The lowest BCUT2D eigenvalue weighted by atomic mass is 9.88. The molecule has 4 aromatic rings. The zero-order valence-electron chi connectivity index (χ0n) is 28.9. The highest BCUT2D eigenvalue weighted by Crippen LogP contribution is 2.43. The van der Waals surface area contributed by atoms with Gasteiger partial charge >= 0.3 is 0 Å². The molecule has 4 saturated heterocycles. The van der Waals surface area contributed by atoms with Gasteiger partial charge in [0.2, 0.25) is 23.6 Å². The molecule has 13 heteroatoms. The molecule has 0 bridgehead atoms. The third-order valence-corrected chi connectivity index (χ3v) is 11.7. The summed E-state index contributed by atoms with van der Waals surface area (Å²) in [7, 11) is 1.63. The van der Waals surface area contributed by atoms with Crippen LogP contribution in [0, 0.1) is 0 Å². The summed E-state index contributed by atoms with van der Waals surface area (Å²) in [5, 5.41) is 7.32. The van der Waals surface area contributed by atoms with Gasteiger partial charge in [-0.3, -0.25) is 24.4 Å². The van der Waals surface area contributed by atoms with E-state index in [9.17, 15) is 9.59 Å². The summed E-state index contributed by atoms with van der Waals surface area (Å²) < 4.78 is 12.0. The number of pyridine rings is 1. The minimum absolute atomic E-state index is 0.0814. The largest absolute Gasteiger partial charge is 0.481 e. The molecule has 1 saturated carbocycles. The molecule has 2 amide bonds. The molecule has 5 aliphatic rings. The number of aromatic nitrogens is 3. The summed E-state index contributed by atoms with van der Waals surface area (Å²) in [6, 6.07) is 15.7. The number of benzene rings is 2. The van der Waals surface area contributed by atoms with E-state index in [4.69, 9.17) is 47.6 Å². The van der Waals surface area contributed by atoms with Crippen molar-refractivity contribution in [2.45, 2.75) is 68.8 Å². The molecule has 2 N–H and O–H groups in total. The number of rotatable bonds is 10. The Morgan fingerprint density at radius 1 is 0.750 bits per heavy atom. The predicted octanol–water partition coefficient (Wildman–Crippen LogP) is 5.66. The zero-order chi connectivity index (χ0) is 35.6. The van der Waals surface area contributed by atoms with Gasteiger partial charge in [0.25, 0.3) is 0 Å². The van der Waals surface area contributed by atoms with Crippen LogP contribution in [0.1, 0.15) is 49.8 Å². The molecule has 0 atom stereocenters. The molecule has 2 aromatic carbocycles. The van der Waals surface area contributed by atoms with Crippen LogP contribution in [0.4, 0.5) is 0 Å². The van der Waals surface area contributed by atoms with Gasteiger partial charge in [-0.1, -0.05) is 65.7 Å². The predicted molar refractivity (Wildman–Crippen MR) is 197 cm³/mol. The molecule has 2 aromatic heterocycles. The van der Waals surface area contributed by atoms with Crippen LogP contribution in [0.25, 0.3) is 33.6 Å². The summed E-state index contributed by atoms with van der Waals surface area (Å²) in [5.74, 6) is 1.34. The Kier molecular flexibility index (Phi) is 8.37. The Labute approximate surface area is 312 Å². The molecule has 5 fully saturated rings. The van der Waals surface area contributed by atoms with Crippen molar-refractivity contribution in [2.24, 2.45) is 0 Å². The number of amides is 2. The first-order valence-electron chi connectivity index (χ1n) is 17.9. The van der Waals surface area contributed by atoms with E-state index in [0.29, 0.717) is 59.1 Å². The smallest absolute Gasteiger partial charge is 0.237 e. The van der Waals surface area contributed by atoms with E-state index in [-0.39, 0.29) is 29.0 Å². The van der Waals surface area contributed by atoms with Crippen LogP contribution in [0.3, 0.4) is 0 Å². The highest BCUT2D eigenvalue weighted by Gasteiger charge is 2.48. The van der Waals surface area contributed by atoms with Crippen molar-refractivity contribution in [1.82, 2.24) is 35.4 Å². The van der Waals surface area contributed by atoms with Crippen LogP contribution in [0.2, 0.25) is 10.0 Å². The molecule has 52 heavy (non-hydrogen) atoms. The van der Waals surface area contributed by atoms with Gasteiger partial charge in [0.05, 0.1) is 45.8 Å². The topological polar surface area (TPSA) is 122 Å². The van der Waals surface area contributed by atoms with Crippen molar-refractivity contribution >= 4 is 35.0 Å². The first-order valence-corrected chi connectivity index (χ1v) is 18.7. The summed E-state index contributed by atoms with van der Waals surface area (Å²) in [4.78, 5) is 42.8. The lowest BCUT2D eigenvalue weighted by molar-refractivity contribution is -0.121. The number of nitrogens with one attached hydrogen (secondary N) is 2. The molecule has 9 rings (SSSR count). The highest BCUT2D eigenvalue weighted by molar-refractivity contribution is 6.39. The van der Waals surface area contributed by atoms with E-state index >= 15 is 0 Å². The first kappa shape index (κ1) is 33.5. The fraction of sp³-hybridized carbons (Fsp3) is 0.410. The van der Waals surface area contributed by atoms with Crippen LogP contribution < -0.4 is 20.1 Å². The lowest BCUT2D eigenvalue weighted by Crippen LogP contribution is -2.66. The van der Waals surface area contributed by atoms with Gasteiger partial charge in [0.15, 0.2) is 0 Å². The van der Waals surface area contributed by atoms with Crippen molar-refractivity contribution in [3.63, 3.8) is 0 Å². The second-order valence-electron chi connectivity index (χ2n) is 15.0. The fourth-order valence-electron chi connectivity index (χ4n) is 8.18. The van der Waals surface area contributed by atoms with Crippen molar-refractivity contribution in [3.05, 3.63) is 76.0 Å². The molecular weight excluding hydrogens is 701 g/mol. The summed E-state index contributed by atoms with van der Waals surface area (Å²) in [5.41, 5.74) is 5.90. The van der Waals surface area contributed by atoms with Crippen LogP contribution in [0.15, 0.2) is 54.7 Å². The second-order valence-corrected chi connectivity index (χ2v) is 15.7. The summed E-state index contributed by atoms with van der Waals surface area (Å²) >= 11 is 14.3. The van der Waals surface area contributed by atoms with Crippen LogP contribution in [0.5, 0.6) is 11.8 Å². The van der Waals surface area contributed by atoms with Crippen molar-refractivity contribution in [2.75, 3.05) is 33.3 Å². The second kappa shape index (κ2) is 13.0. The number of methoxy groups -OCH3 is 1. The molecular formula is C39H39Cl2N7O4. The Morgan fingerprint density at radius 2 is 1.31 bits per heavy atom. The number of hydrogen-bond acceptors (Lipinski definition) is 9. The molecule has 11 nitrogen and oxygen atoms in total. The SMILES string of the molecule is COc1nc(-c2cccc(-c3cccc(-c4cnc(CN5CC6(CCC(=O)N6)C5)c(OC5CC5)n4)c3Cl)c2Cl)ccc1CN1CC2(CCC(=O)N2)C1. The molecule has 268 valence electrons. The third kappa shape index (κ3) is 6.27. The third-order valence-electron chi connectivity index (χ3n) is 10.9. The summed E-state index contributed by atoms with van der Waals surface area (Å²) in [6.45, 7) is 4.52. The molecule has 2 spiro atoms. The Balaban J connectivity index is 0.956. The standard InChI is InChI=1S/C39H39Cl2N7O4/c1-51-36-23(17-47-19-38(20-47)14-12-32(49)45-38)8-11-29(43-36)27-6-2-4-25(34(27)40)26-5-3-7-28(35(26)41)30-16-42-31(37(44-30)52-24-9-10-24)18-48-21-39(22-48)15-13-33(50)46-39/h2-8,11,16,24H,9-10,12-15,17-22H2,1H3,(H,45,49)(H,46,50). The van der Waals surface area contributed by atoms with E-state index in [1.807, 2.05) is 48.5 Å². The Morgan fingerprint density at radius 3 is 1.87 bits per heavy atom. The minimum atomic E-state index is -0.102. The number of nitrogens with zero attached hydrogens (tertiary/aromatic N) is 5. The molecule has 0 unspecified atom stereocenters. The average Bonchev–Trinajstić information content (AvgIpc) is 3.71. The van der Waals surface area contributed by atoms with Crippen molar-refractivity contribution in [1.29, 1.82) is 0 Å². The maximum Gasteiger partial charge on any atom is 0.237 e. The van der Waals surface area contributed by atoms with E-state index in [2.05, 4.69) is 20.4 Å². The maximum atomic E-state index is 11.8. The number of hydrogen-bond donors (Lipinski definition) is 2. The zero-order valence-corrected chi connectivity index (χ0v) is 30.4. The fourth-order valence-corrected chi connectivity index (χ4v) is 8.83. The van der Waals surface area contributed by atoms with Crippen LogP contribution >= 0.6 is 23.2 Å².